The summed E-state index contributed by atoms with van der Waals surface area (Å²) in [5.41, 5.74) is 0.961. The van der Waals surface area contributed by atoms with Crippen molar-refractivity contribution in [2.45, 2.75) is 40.2 Å². The number of rotatable bonds is 10. The van der Waals surface area contributed by atoms with E-state index >= 15 is 0 Å². The van der Waals surface area contributed by atoms with Crippen LogP contribution in [-0.2, 0) is 6.42 Å². The van der Waals surface area contributed by atoms with Crippen LogP contribution in [0.2, 0.25) is 0 Å². The summed E-state index contributed by atoms with van der Waals surface area (Å²) in [5, 5.41) is 2.90. The average Bonchev–Trinajstić information content (AvgIpc) is 2.66. The van der Waals surface area contributed by atoms with E-state index in [1.54, 1.807) is 30.3 Å². The number of nitrogens with one attached hydrogen (secondary N) is 1. The molecular weight excluding hydrogens is 361 g/mol. The molecule has 0 saturated carbocycles. The smallest absolute Gasteiger partial charge is 0.251 e. The van der Waals surface area contributed by atoms with E-state index in [4.69, 9.17) is 14.2 Å². The first-order valence-electron chi connectivity index (χ1n) is 9.60. The van der Waals surface area contributed by atoms with E-state index in [0.29, 0.717) is 54.6 Å². The second kappa shape index (κ2) is 10.5. The van der Waals surface area contributed by atoms with Crippen LogP contribution in [0, 0.1) is 5.82 Å². The van der Waals surface area contributed by atoms with Crippen LogP contribution in [0.4, 0.5) is 4.39 Å². The van der Waals surface area contributed by atoms with Crippen molar-refractivity contribution in [3.05, 3.63) is 53.3 Å². The van der Waals surface area contributed by atoms with Crippen LogP contribution < -0.4 is 19.5 Å². The van der Waals surface area contributed by atoms with E-state index in [-0.39, 0.29) is 17.8 Å². The molecule has 0 heterocycles. The molecule has 1 atom stereocenters. The summed E-state index contributed by atoms with van der Waals surface area (Å²) in [6, 6.07) is 9.59. The van der Waals surface area contributed by atoms with Gasteiger partial charge in [0.25, 0.3) is 5.91 Å². The zero-order chi connectivity index (χ0) is 20.5. The Morgan fingerprint density at radius 1 is 1.00 bits per heavy atom. The van der Waals surface area contributed by atoms with Crippen molar-refractivity contribution in [3.8, 4) is 17.2 Å². The molecule has 0 radical (unpaired) electrons. The molecule has 5 nitrogen and oxygen atoms in total. The number of carbonyl (C=O) groups excluding carboxylic acids is 1. The lowest BCUT2D eigenvalue weighted by molar-refractivity contribution is 0.0938. The molecular formula is C22H28FNO4. The molecule has 6 heteroatoms. The van der Waals surface area contributed by atoms with E-state index in [1.165, 1.54) is 6.07 Å². The largest absolute Gasteiger partial charge is 0.490 e. The fraction of sp³-hybridized carbons (Fsp3) is 0.409. The van der Waals surface area contributed by atoms with Crippen LogP contribution in [0.1, 0.15) is 43.6 Å². The number of carbonyl (C=O) groups is 1. The van der Waals surface area contributed by atoms with Crippen LogP contribution >= 0.6 is 0 Å². The van der Waals surface area contributed by atoms with Gasteiger partial charge >= 0.3 is 0 Å². The molecule has 0 fully saturated rings. The standard InChI is InChI=1S/C22H28FNO4/c1-5-26-19-13-17(14-20(27-6-2)21(19)28-7-3)22(25)24-15(4)12-16-10-8-9-11-18(16)23/h8-11,13-15H,5-7,12H2,1-4H3,(H,24,25). The normalized spacial score (nSPS) is 11.6. The third-order valence-electron chi connectivity index (χ3n) is 4.03. The van der Waals surface area contributed by atoms with Gasteiger partial charge in [0.15, 0.2) is 11.5 Å². The van der Waals surface area contributed by atoms with E-state index in [1.807, 2.05) is 27.7 Å². The van der Waals surface area contributed by atoms with E-state index in [2.05, 4.69) is 5.32 Å². The third kappa shape index (κ3) is 5.62. The van der Waals surface area contributed by atoms with Crippen LogP contribution in [0.15, 0.2) is 36.4 Å². The van der Waals surface area contributed by atoms with Crippen molar-refractivity contribution in [1.29, 1.82) is 0 Å². The Hall–Kier alpha value is -2.76. The topological polar surface area (TPSA) is 56.8 Å². The Morgan fingerprint density at radius 2 is 1.57 bits per heavy atom. The Labute approximate surface area is 165 Å². The zero-order valence-electron chi connectivity index (χ0n) is 16.9. The van der Waals surface area contributed by atoms with Gasteiger partial charge in [-0.3, -0.25) is 4.79 Å². The number of hydrogen-bond acceptors (Lipinski definition) is 4. The minimum absolute atomic E-state index is 0.248. The summed E-state index contributed by atoms with van der Waals surface area (Å²) in [6.07, 6.45) is 0.395. The van der Waals surface area contributed by atoms with Gasteiger partial charge in [-0.1, -0.05) is 18.2 Å². The van der Waals surface area contributed by atoms with Gasteiger partial charge in [-0.2, -0.15) is 0 Å². The van der Waals surface area contributed by atoms with Crippen molar-refractivity contribution in [1.82, 2.24) is 5.32 Å². The predicted octanol–water partition coefficient (Wildman–Crippen LogP) is 4.38. The van der Waals surface area contributed by atoms with Gasteiger partial charge in [-0.25, -0.2) is 4.39 Å². The molecule has 0 aliphatic rings. The van der Waals surface area contributed by atoms with Gasteiger partial charge in [0.05, 0.1) is 19.8 Å². The molecule has 0 aromatic heterocycles. The molecule has 2 aromatic rings. The highest BCUT2D eigenvalue weighted by atomic mass is 19.1. The SMILES string of the molecule is CCOc1cc(C(=O)NC(C)Cc2ccccc2F)cc(OCC)c1OCC. The minimum atomic E-state index is -0.284. The molecule has 2 aromatic carbocycles. The van der Waals surface area contributed by atoms with Crippen molar-refractivity contribution < 1.29 is 23.4 Å². The minimum Gasteiger partial charge on any atom is -0.490 e. The number of halogens is 1. The van der Waals surface area contributed by atoms with E-state index in [9.17, 15) is 9.18 Å². The van der Waals surface area contributed by atoms with Crippen molar-refractivity contribution in [3.63, 3.8) is 0 Å². The van der Waals surface area contributed by atoms with Gasteiger partial charge in [0.2, 0.25) is 5.75 Å². The van der Waals surface area contributed by atoms with Gasteiger partial charge < -0.3 is 19.5 Å². The summed E-state index contributed by atoms with van der Waals surface area (Å²) in [4.78, 5) is 12.8. The monoisotopic (exact) mass is 389 g/mol. The lowest BCUT2D eigenvalue weighted by Gasteiger charge is -2.18. The van der Waals surface area contributed by atoms with E-state index < -0.39 is 0 Å². The summed E-state index contributed by atoms with van der Waals surface area (Å²) in [5.74, 6) is 0.849. The van der Waals surface area contributed by atoms with Crippen LogP contribution in [0.5, 0.6) is 17.2 Å². The average molecular weight is 389 g/mol. The van der Waals surface area contributed by atoms with Crippen LogP contribution in [-0.4, -0.2) is 31.8 Å². The van der Waals surface area contributed by atoms with Gasteiger partial charge in [-0.05, 0) is 57.9 Å². The Kier molecular flexibility index (Phi) is 8.11. The molecule has 0 aliphatic carbocycles. The van der Waals surface area contributed by atoms with E-state index in [0.717, 1.165) is 0 Å². The second-order valence-corrected chi connectivity index (χ2v) is 6.27. The Morgan fingerprint density at radius 3 is 2.11 bits per heavy atom. The Bertz CT molecular complexity index is 767. The summed E-state index contributed by atoms with van der Waals surface area (Å²) >= 11 is 0. The summed E-state index contributed by atoms with van der Waals surface area (Å²) < 4.78 is 30.8. The molecule has 0 saturated heterocycles. The first-order valence-corrected chi connectivity index (χ1v) is 9.60. The molecule has 0 aliphatic heterocycles. The maximum absolute atomic E-state index is 13.8. The first kappa shape index (κ1) is 21.5. The fourth-order valence-corrected chi connectivity index (χ4v) is 2.87. The zero-order valence-corrected chi connectivity index (χ0v) is 16.9. The molecule has 0 spiro atoms. The van der Waals surface area contributed by atoms with Crippen molar-refractivity contribution >= 4 is 5.91 Å². The third-order valence-corrected chi connectivity index (χ3v) is 4.03. The maximum atomic E-state index is 13.8. The number of ether oxygens (including phenoxy) is 3. The van der Waals surface area contributed by atoms with Crippen LogP contribution in [0.3, 0.4) is 0 Å². The van der Waals surface area contributed by atoms with Gasteiger partial charge in [0.1, 0.15) is 5.82 Å². The highest BCUT2D eigenvalue weighted by Gasteiger charge is 2.19. The summed E-state index contributed by atoms with van der Waals surface area (Å²) in [6.45, 7) is 8.74. The quantitative estimate of drug-likeness (QED) is 0.655. The molecule has 2 rings (SSSR count). The lowest BCUT2D eigenvalue weighted by atomic mass is 10.1. The maximum Gasteiger partial charge on any atom is 0.251 e. The Balaban J connectivity index is 2.22. The lowest BCUT2D eigenvalue weighted by Crippen LogP contribution is -2.34. The molecule has 28 heavy (non-hydrogen) atoms. The highest BCUT2D eigenvalue weighted by molar-refractivity contribution is 5.95. The van der Waals surface area contributed by atoms with Crippen molar-refractivity contribution in [2.75, 3.05) is 19.8 Å². The highest BCUT2D eigenvalue weighted by Crippen LogP contribution is 2.39. The predicted molar refractivity (Wildman–Crippen MR) is 107 cm³/mol. The first-order chi connectivity index (χ1) is 13.5. The fourth-order valence-electron chi connectivity index (χ4n) is 2.87. The number of benzene rings is 2. The van der Waals surface area contributed by atoms with Gasteiger partial charge in [-0.15, -0.1) is 0 Å². The van der Waals surface area contributed by atoms with Gasteiger partial charge in [0, 0.05) is 11.6 Å². The second-order valence-electron chi connectivity index (χ2n) is 6.27. The summed E-state index contributed by atoms with van der Waals surface area (Å²) in [7, 11) is 0. The molecule has 1 unspecified atom stereocenters. The van der Waals surface area contributed by atoms with Crippen LogP contribution in [0.25, 0.3) is 0 Å². The molecule has 152 valence electrons. The molecule has 1 N–H and O–H groups in total. The van der Waals surface area contributed by atoms with Crippen molar-refractivity contribution in [2.24, 2.45) is 0 Å². The molecule has 1 amide bonds. The number of hydrogen-bond donors (Lipinski definition) is 1. The number of amides is 1. The molecule has 0 bridgehead atoms.